The standard InChI is InChI=1S/C11H13N3S/c1-8(6-12)11-14-10(7-15-11)9-2-4-13-5-3-9/h2-5,7-8H,6,12H2,1H3. The molecule has 3 nitrogen and oxygen atoms in total. The van der Waals surface area contributed by atoms with Crippen molar-refractivity contribution in [2.24, 2.45) is 5.73 Å². The lowest BCUT2D eigenvalue weighted by Gasteiger charge is -2.02. The van der Waals surface area contributed by atoms with E-state index in [9.17, 15) is 0 Å². The summed E-state index contributed by atoms with van der Waals surface area (Å²) in [5.41, 5.74) is 7.73. The van der Waals surface area contributed by atoms with Crippen LogP contribution in [0.5, 0.6) is 0 Å². The lowest BCUT2D eigenvalue weighted by molar-refractivity contribution is 0.766. The van der Waals surface area contributed by atoms with Crippen LogP contribution in [0.3, 0.4) is 0 Å². The third-order valence-electron chi connectivity index (χ3n) is 2.27. The molecule has 0 aliphatic carbocycles. The molecule has 0 aliphatic heterocycles. The topological polar surface area (TPSA) is 51.8 Å². The maximum Gasteiger partial charge on any atom is 0.0973 e. The molecule has 2 rings (SSSR count). The highest BCUT2D eigenvalue weighted by molar-refractivity contribution is 7.10. The summed E-state index contributed by atoms with van der Waals surface area (Å²) in [4.78, 5) is 8.55. The average Bonchev–Trinajstić information content (AvgIpc) is 2.78. The average molecular weight is 219 g/mol. The first kappa shape index (κ1) is 10.3. The summed E-state index contributed by atoms with van der Waals surface area (Å²) < 4.78 is 0. The van der Waals surface area contributed by atoms with Crippen LogP contribution in [0.25, 0.3) is 11.3 Å². The molecule has 2 N–H and O–H groups in total. The van der Waals surface area contributed by atoms with Crippen LogP contribution in [0.2, 0.25) is 0 Å². The van der Waals surface area contributed by atoms with E-state index in [-0.39, 0.29) is 0 Å². The Morgan fingerprint density at radius 2 is 2.13 bits per heavy atom. The molecule has 15 heavy (non-hydrogen) atoms. The molecule has 0 aliphatic rings. The maximum atomic E-state index is 5.61. The molecule has 0 saturated carbocycles. The molecule has 0 fully saturated rings. The molecule has 0 aromatic carbocycles. The molecule has 2 heterocycles. The van der Waals surface area contributed by atoms with Gasteiger partial charge in [0, 0.05) is 35.8 Å². The predicted molar refractivity (Wildman–Crippen MR) is 62.8 cm³/mol. The van der Waals surface area contributed by atoms with E-state index in [1.54, 1.807) is 23.7 Å². The fraction of sp³-hybridized carbons (Fsp3) is 0.273. The molecule has 1 unspecified atom stereocenters. The third kappa shape index (κ3) is 2.22. The van der Waals surface area contributed by atoms with Crippen molar-refractivity contribution >= 4 is 11.3 Å². The molecule has 2 aromatic heterocycles. The van der Waals surface area contributed by atoms with Gasteiger partial charge in [-0.25, -0.2) is 4.98 Å². The number of aromatic nitrogens is 2. The van der Waals surface area contributed by atoms with Gasteiger partial charge in [0.15, 0.2) is 0 Å². The van der Waals surface area contributed by atoms with E-state index >= 15 is 0 Å². The fourth-order valence-corrected chi connectivity index (χ4v) is 2.17. The molecule has 2 aromatic rings. The normalized spacial score (nSPS) is 12.7. The highest BCUT2D eigenvalue weighted by atomic mass is 32.1. The van der Waals surface area contributed by atoms with E-state index in [0.717, 1.165) is 16.3 Å². The second-order valence-corrected chi connectivity index (χ2v) is 4.33. The van der Waals surface area contributed by atoms with Crippen molar-refractivity contribution in [3.05, 3.63) is 34.9 Å². The molecule has 0 saturated heterocycles. The van der Waals surface area contributed by atoms with Crippen LogP contribution in [0.4, 0.5) is 0 Å². The van der Waals surface area contributed by atoms with Crippen LogP contribution in [0, 0.1) is 0 Å². The van der Waals surface area contributed by atoms with Crippen LogP contribution in [0.15, 0.2) is 29.9 Å². The summed E-state index contributed by atoms with van der Waals surface area (Å²) >= 11 is 1.67. The highest BCUT2D eigenvalue weighted by Crippen LogP contribution is 2.25. The molecule has 1 atom stereocenters. The molecule has 0 spiro atoms. The Morgan fingerprint density at radius 1 is 1.40 bits per heavy atom. The van der Waals surface area contributed by atoms with E-state index in [2.05, 4.69) is 22.3 Å². The van der Waals surface area contributed by atoms with Crippen molar-refractivity contribution in [1.29, 1.82) is 0 Å². The second kappa shape index (κ2) is 4.51. The van der Waals surface area contributed by atoms with Gasteiger partial charge in [0.25, 0.3) is 0 Å². The minimum atomic E-state index is 0.339. The van der Waals surface area contributed by atoms with Crippen LogP contribution >= 0.6 is 11.3 Å². The Bertz CT molecular complexity index is 424. The van der Waals surface area contributed by atoms with Gasteiger partial charge in [-0.1, -0.05) is 6.92 Å². The van der Waals surface area contributed by atoms with Crippen molar-refractivity contribution < 1.29 is 0 Å². The number of hydrogen-bond acceptors (Lipinski definition) is 4. The highest BCUT2D eigenvalue weighted by Gasteiger charge is 2.09. The minimum absolute atomic E-state index is 0.339. The first-order chi connectivity index (χ1) is 7.31. The lowest BCUT2D eigenvalue weighted by Crippen LogP contribution is -2.08. The second-order valence-electron chi connectivity index (χ2n) is 3.44. The van der Waals surface area contributed by atoms with Crippen molar-refractivity contribution in [3.63, 3.8) is 0 Å². The Hall–Kier alpha value is -1.26. The quantitative estimate of drug-likeness (QED) is 0.861. The molecule has 0 radical (unpaired) electrons. The van der Waals surface area contributed by atoms with Gasteiger partial charge in [-0.3, -0.25) is 4.98 Å². The Labute approximate surface area is 93.0 Å². The molecule has 78 valence electrons. The number of nitrogens with two attached hydrogens (primary N) is 1. The van der Waals surface area contributed by atoms with E-state index < -0.39 is 0 Å². The van der Waals surface area contributed by atoms with Gasteiger partial charge < -0.3 is 5.73 Å². The zero-order chi connectivity index (χ0) is 10.7. The van der Waals surface area contributed by atoms with Crippen molar-refractivity contribution in [2.75, 3.05) is 6.54 Å². The van der Waals surface area contributed by atoms with Crippen molar-refractivity contribution in [1.82, 2.24) is 9.97 Å². The van der Waals surface area contributed by atoms with Crippen LogP contribution in [0.1, 0.15) is 17.8 Å². The van der Waals surface area contributed by atoms with E-state index in [4.69, 9.17) is 5.73 Å². The van der Waals surface area contributed by atoms with Gasteiger partial charge >= 0.3 is 0 Å². The largest absolute Gasteiger partial charge is 0.330 e. The zero-order valence-corrected chi connectivity index (χ0v) is 9.37. The van der Waals surface area contributed by atoms with Gasteiger partial charge in [-0.05, 0) is 12.1 Å². The molecule has 0 bridgehead atoms. The Kier molecular flexibility index (Phi) is 3.08. The summed E-state index contributed by atoms with van der Waals surface area (Å²) in [6.45, 7) is 2.73. The number of hydrogen-bond donors (Lipinski definition) is 1. The number of thiazole rings is 1. The first-order valence-corrected chi connectivity index (χ1v) is 5.75. The number of nitrogens with zero attached hydrogens (tertiary/aromatic N) is 2. The van der Waals surface area contributed by atoms with Gasteiger partial charge in [-0.2, -0.15) is 0 Å². The van der Waals surface area contributed by atoms with E-state index in [1.807, 2.05) is 12.1 Å². The SMILES string of the molecule is CC(CN)c1nc(-c2ccncc2)cs1. The summed E-state index contributed by atoms with van der Waals surface area (Å²) in [7, 11) is 0. The Balaban J connectivity index is 2.28. The van der Waals surface area contributed by atoms with Gasteiger partial charge in [0.05, 0.1) is 10.7 Å². The smallest absolute Gasteiger partial charge is 0.0973 e. The molecule has 0 amide bonds. The van der Waals surface area contributed by atoms with Gasteiger partial charge in [0.2, 0.25) is 0 Å². The van der Waals surface area contributed by atoms with Crippen molar-refractivity contribution in [3.8, 4) is 11.3 Å². The Morgan fingerprint density at radius 3 is 2.80 bits per heavy atom. The number of pyridine rings is 1. The summed E-state index contributed by atoms with van der Waals surface area (Å²) in [6, 6.07) is 3.93. The summed E-state index contributed by atoms with van der Waals surface area (Å²) in [6.07, 6.45) is 3.56. The van der Waals surface area contributed by atoms with Crippen LogP contribution in [-0.2, 0) is 0 Å². The van der Waals surface area contributed by atoms with Crippen molar-refractivity contribution in [2.45, 2.75) is 12.8 Å². The fourth-order valence-electron chi connectivity index (χ4n) is 1.27. The van der Waals surface area contributed by atoms with E-state index in [1.165, 1.54) is 0 Å². The van der Waals surface area contributed by atoms with Gasteiger partial charge in [0.1, 0.15) is 0 Å². The van der Waals surface area contributed by atoms with Crippen LogP contribution in [-0.4, -0.2) is 16.5 Å². The predicted octanol–water partition coefficient (Wildman–Crippen LogP) is 2.27. The first-order valence-electron chi connectivity index (χ1n) is 4.87. The molecular weight excluding hydrogens is 206 g/mol. The molecular formula is C11H13N3S. The third-order valence-corrected chi connectivity index (χ3v) is 3.35. The summed E-state index contributed by atoms with van der Waals surface area (Å²) in [5.74, 6) is 0.339. The minimum Gasteiger partial charge on any atom is -0.330 e. The lowest BCUT2D eigenvalue weighted by atomic mass is 10.2. The number of rotatable bonds is 3. The van der Waals surface area contributed by atoms with E-state index in [0.29, 0.717) is 12.5 Å². The molecule has 4 heteroatoms. The monoisotopic (exact) mass is 219 g/mol. The van der Waals surface area contributed by atoms with Crippen LogP contribution < -0.4 is 5.73 Å². The zero-order valence-electron chi connectivity index (χ0n) is 8.55. The maximum absolute atomic E-state index is 5.61. The van der Waals surface area contributed by atoms with Gasteiger partial charge in [-0.15, -0.1) is 11.3 Å². The summed E-state index contributed by atoms with van der Waals surface area (Å²) in [5, 5.41) is 3.17.